The molecule has 0 N–H and O–H groups in total. The first kappa shape index (κ1) is 11.2. The number of allylic oxidation sites excluding steroid dienone is 3. The smallest absolute Gasteiger partial charge is 0.135 e. The molecule has 0 saturated heterocycles. The lowest BCUT2D eigenvalue weighted by Gasteiger charge is -2.04. The van der Waals surface area contributed by atoms with Crippen molar-refractivity contribution in [2.75, 3.05) is 0 Å². The number of Topliss-reactive ketones (excluding diaryl/α,β-unsaturated/α-hetero) is 1. The summed E-state index contributed by atoms with van der Waals surface area (Å²) in [6, 6.07) is 0. The second kappa shape index (κ2) is 5.79. The predicted molar refractivity (Wildman–Crippen MR) is 60.2 cm³/mol. The molecule has 0 radical (unpaired) electrons. The second-order valence-corrected chi connectivity index (χ2v) is 4.24. The summed E-state index contributed by atoms with van der Waals surface area (Å²) in [7, 11) is 0. The number of hydrogen-bond acceptors (Lipinski definition) is 1. The molecule has 1 nitrogen and oxygen atoms in total. The van der Waals surface area contributed by atoms with Gasteiger partial charge < -0.3 is 0 Å². The van der Waals surface area contributed by atoms with Gasteiger partial charge in [-0.15, -0.1) is 0 Å². The van der Waals surface area contributed by atoms with Crippen molar-refractivity contribution in [2.45, 2.75) is 45.4 Å². The lowest BCUT2D eigenvalue weighted by molar-refractivity contribution is -0.120. The maximum Gasteiger partial charge on any atom is 0.135 e. The zero-order valence-corrected chi connectivity index (χ0v) is 9.09. The highest BCUT2D eigenvalue weighted by Crippen LogP contribution is 2.25. The molecule has 0 aromatic rings. The summed E-state index contributed by atoms with van der Waals surface area (Å²) < 4.78 is 0. The zero-order valence-electron chi connectivity index (χ0n) is 9.09. The fourth-order valence-electron chi connectivity index (χ4n) is 1.96. The van der Waals surface area contributed by atoms with E-state index in [1.54, 1.807) is 0 Å². The Morgan fingerprint density at radius 2 is 2.43 bits per heavy atom. The molecule has 78 valence electrons. The largest absolute Gasteiger partial charge is 0.299 e. The first-order valence-electron chi connectivity index (χ1n) is 5.55. The Hall–Kier alpha value is -0.850. The highest BCUT2D eigenvalue weighted by atomic mass is 16.1. The first-order valence-corrected chi connectivity index (χ1v) is 5.55. The topological polar surface area (TPSA) is 17.1 Å². The Labute approximate surface area is 86.9 Å². The maximum absolute atomic E-state index is 11.3. The Morgan fingerprint density at radius 3 is 3.00 bits per heavy atom. The third kappa shape index (κ3) is 3.91. The quantitative estimate of drug-likeness (QED) is 0.480. The van der Waals surface area contributed by atoms with Gasteiger partial charge in [0.1, 0.15) is 5.78 Å². The van der Waals surface area contributed by atoms with Gasteiger partial charge in [0.05, 0.1) is 0 Å². The van der Waals surface area contributed by atoms with Crippen LogP contribution in [0.1, 0.15) is 45.4 Å². The van der Waals surface area contributed by atoms with E-state index in [0.717, 1.165) is 44.1 Å². The molecule has 1 saturated carbocycles. The van der Waals surface area contributed by atoms with Gasteiger partial charge in [0.2, 0.25) is 0 Å². The van der Waals surface area contributed by atoms with E-state index in [1.807, 2.05) is 6.92 Å². The van der Waals surface area contributed by atoms with Crippen LogP contribution in [0.4, 0.5) is 0 Å². The van der Waals surface area contributed by atoms with E-state index in [9.17, 15) is 4.79 Å². The summed E-state index contributed by atoms with van der Waals surface area (Å²) in [5.74, 6) is 0.877. The van der Waals surface area contributed by atoms with E-state index in [2.05, 4.69) is 18.7 Å². The third-order valence-corrected chi connectivity index (χ3v) is 2.76. The van der Waals surface area contributed by atoms with Crippen molar-refractivity contribution in [3.8, 4) is 0 Å². The lowest BCUT2D eigenvalue weighted by Crippen LogP contribution is -2.05. The van der Waals surface area contributed by atoms with Crippen molar-refractivity contribution in [1.29, 1.82) is 0 Å². The number of ketones is 1. The van der Waals surface area contributed by atoms with Crippen LogP contribution in [0.3, 0.4) is 0 Å². The number of unbranched alkanes of at least 4 members (excludes halogenated alkanes) is 1. The van der Waals surface area contributed by atoms with Gasteiger partial charge in [-0.1, -0.05) is 24.3 Å². The SMILES string of the molecule is C=C(C)C=CCCCC1CCCC1=O. The molecule has 1 aliphatic carbocycles. The molecule has 0 amide bonds. The van der Waals surface area contributed by atoms with Crippen LogP contribution >= 0.6 is 0 Å². The second-order valence-electron chi connectivity index (χ2n) is 4.24. The number of hydrogen-bond donors (Lipinski definition) is 0. The molecule has 1 atom stereocenters. The highest BCUT2D eigenvalue weighted by Gasteiger charge is 2.22. The predicted octanol–water partition coefficient (Wildman–Crippen LogP) is 3.66. The van der Waals surface area contributed by atoms with E-state index in [-0.39, 0.29) is 0 Å². The summed E-state index contributed by atoms with van der Waals surface area (Å²) in [5, 5.41) is 0. The fourth-order valence-corrected chi connectivity index (χ4v) is 1.96. The first-order chi connectivity index (χ1) is 6.70. The molecule has 14 heavy (non-hydrogen) atoms. The van der Waals surface area contributed by atoms with Crippen molar-refractivity contribution < 1.29 is 4.79 Å². The van der Waals surface area contributed by atoms with Gasteiger partial charge in [0.25, 0.3) is 0 Å². The lowest BCUT2D eigenvalue weighted by atomic mass is 9.99. The van der Waals surface area contributed by atoms with Crippen LogP contribution in [-0.4, -0.2) is 5.78 Å². The fraction of sp³-hybridized carbons (Fsp3) is 0.615. The van der Waals surface area contributed by atoms with Gasteiger partial charge >= 0.3 is 0 Å². The van der Waals surface area contributed by atoms with Gasteiger partial charge in [0.15, 0.2) is 0 Å². The van der Waals surface area contributed by atoms with Gasteiger partial charge in [-0.2, -0.15) is 0 Å². The number of carbonyl (C=O) groups excluding carboxylic acids is 1. The molecule has 1 rings (SSSR count). The van der Waals surface area contributed by atoms with E-state index in [0.29, 0.717) is 11.7 Å². The maximum atomic E-state index is 11.3. The summed E-state index contributed by atoms with van der Waals surface area (Å²) >= 11 is 0. The average molecular weight is 192 g/mol. The Balaban J connectivity index is 2.09. The zero-order chi connectivity index (χ0) is 10.4. The van der Waals surface area contributed by atoms with Crippen molar-refractivity contribution in [1.82, 2.24) is 0 Å². The molecule has 0 aromatic heterocycles. The van der Waals surface area contributed by atoms with E-state index in [4.69, 9.17) is 0 Å². The Bertz CT molecular complexity index is 238. The summed E-state index contributed by atoms with van der Waals surface area (Å²) in [6.07, 6.45) is 10.6. The minimum atomic E-state index is 0.383. The monoisotopic (exact) mass is 192 g/mol. The van der Waals surface area contributed by atoms with Crippen molar-refractivity contribution in [2.24, 2.45) is 5.92 Å². The van der Waals surface area contributed by atoms with Crippen LogP contribution in [0.15, 0.2) is 24.3 Å². The summed E-state index contributed by atoms with van der Waals surface area (Å²) in [6.45, 7) is 5.80. The molecule has 0 aliphatic heterocycles. The normalized spacial score (nSPS) is 22.1. The molecular formula is C13H20O. The third-order valence-electron chi connectivity index (χ3n) is 2.76. The molecule has 1 fully saturated rings. The van der Waals surface area contributed by atoms with Gasteiger partial charge in [0, 0.05) is 12.3 Å². The number of carbonyl (C=O) groups is 1. The summed E-state index contributed by atoms with van der Waals surface area (Å²) in [5.41, 5.74) is 1.10. The Kier molecular flexibility index (Phi) is 4.64. The van der Waals surface area contributed by atoms with Crippen LogP contribution in [0.5, 0.6) is 0 Å². The Morgan fingerprint density at radius 1 is 1.64 bits per heavy atom. The molecule has 0 heterocycles. The molecule has 0 aromatic carbocycles. The van der Waals surface area contributed by atoms with Crippen LogP contribution in [0, 0.1) is 5.92 Å². The molecule has 1 unspecified atom stereocenters. The van der Waals surface area contributed by atoms with Crippen LogP contribution < -0.4 is 0 Å². The minimum absolute atomic E-state index is 0.383. The molecule has 0 bridgehead atoms. The van der Waals surface area contributed by atoms with Crippen LogP contribution in [0.2, 0.25) is 0 Å². The van der Waals surface area contributed by atoms with Gasteiger partial charge in [-0.05, 0) is 39.0 Å². The van der Waals surface area contributed by atoms with E-state index in [1.165, 1.54) is 0 Å². The van der Waals surface area contributed by atoms with E-state index < -0.39 is 0 Å². The van der Waals surface area contributed by atoms with Crippen molar-refractivity contribution in [3.05, 3.63) is 24.3 Å². The molecule has 1 aliphatic rings. The van der Waals surface area contributed by atoms with Gasteiger partial charge in [-0.25, -0.2) is 0 Å². The number of rotatable bonds is 5. The van der Waals surface area contributed by atoms with E-state index >= 15 is 0 Å². The standard InChI is InChI=1S/C13H20O/c1-11(2)7-4-3-5-8-12-9-6-10-13(12)14/h4,7,12H,1,3,5-6,8-10H2,2H3. The highest BCUT2D eigenvalue weighted by molar-refractivity contribution is 5.82. The minimum Gasteiger partial charge on any atom is -0.299 e. The van der Waals surface area contributed by atoms with Crippen molar-refractivity contribution >= 4 is 5.78 Å². The molecular weight excluding hydrogens is 172 g/mol. The van der Waals surface area contributed by atoms with Crippen LogP contribution in [0.25, 0.3) is 0 Å². The van der Waals surface area contributed by atoms with Gasteiger partial charge in [-0.3, -0.25) is 4.79 Å². The molecule has 1 heteroatoms. The van der Waals surface area contributed by atoms with Crippen molar-refractivity contribution in [3.63, 3.8) is 0 Å². The molecule has 0 spiro atoms. The van der Waals surface area contributed by atoms with Crippen LogP contribution in [-0.2, 0) is 4.79 Å². The average Bonchev–Trinajstić information content (AvgIpc) is 2.51. The summed E-state index contributed by atoms with van der Waals surface area (Å²) in [4.78, 5) is 11.3.